The van der Waals surface area contributed by atoms with Crippen molar-refractivity contribution in [1.29, 1.82) is 5.26 Å². The van der Waals surface area contributed by atoms with Crippen molar-refractivity contribution in [3.05, 3.63) is 199 Å². The second-order valence-electron chi connectivity index (χ2n) is 13.1. The van der Waals surface area contributed by atoms with Gasteiger partial charge in [0.15, 0.2) is 0 Å². The number of alkyl halides is 1. The number of nitriles is 1. The number of carbonyl (C=O) groups is 3. The molecule has 0 unspecified atom stereocenters. The third kappa shape index (κ3) is 28.9. The van der Waals surface area contributed by atoms with Gasteiger partial charge in [0.25, 0.3) is 0 Å². The van der Waals surface area contributed by atoms with Gasteiger partial charge in [-0.25, -0.2) is 17.6 Å². The Hall–Kier alpha value is -2.20. The summed E-state index contributed by atoms with van der Waals surface area (Å²) in [5.41, 5.74) is 4.09. The Balaban J connectivity index is 0.000000404. The Morgan fingerprint density at radius 1 is 0.567 bits per heavy atom. The third-order valence-electron chi connectivity index (χ3n) is 7.99. The zero-order chi connectivity index (χ0) is 50.5. The fraction of sp³-hybridized carbons (Fsp3) is 0.184. The highest BCUT2D eigenvalue weighted by Crippen LogP contribution is 2.16. The highest BCUT2D eigenvalue weighted by Gasteiger charge is 2.09. The quantitative estimate of drug-likeness (QED) is 0.0664. The first-order chi connectivity index (χ1) is 31.7. The number of hydrogen-bond donors (Lipinski definition) is 1. The first-order valence-electron chi connectivity index (χ1n) is 19.3. The number of nitrogens with zero attached hydrogens (tertiary/aromatic N) is 1. The summed E-state index contributed by atoms with van der Waals surface area (Å²) in [6, 6.07) is 37.2. The summed E-state index contributed by atoms with van der Waals surface area (Å²) in [5.74, 6) is -2.29. The first-order valence-corrected chi connectivity index (χ1v) is 26.9. The molecule has 0 saturated heterocycles. The van der Waals surface area contributed by atoms with E-state index in [1.165, 1.54) is 34.9 Å². The standard InChI is InChI=1S/C10H10FIO2.C9H9IO2.C8H5FIN.C8H7IO2.C7H5BrFI.C7H6FI/c1-2-14-10(13)5-7-3-4-8(12)6-9(7)11;1-12-9(11)6-7-2-4-8(10)5-3-7;9-8-5-7(10)2-1-6(8)3-4-11;9-7-3-1-6(2-4-7)5-8(10)11;8-4-5-1-2-6(10)3-7(5)9;1-5-2-3-6(9)4-7(5)8/h3-4,6H,2,5H2,1H3;2-5H,6H2,1H3;1-2,5H,3H2;1-4H,5H2,(H,10,11);1-3H,4H2;2-4H,1H3. The van der Waals surface area contributed by atoms with E-state index in [2.05, 4.69) is 111 Å². The van der Waals surface area contributed by atoms with Gasteiger partial charge >= 0.3 is 17.9 Å². The predicted molar refractivity (Wildman–Crippen MR) is 309 cm³/mol. The minimum atomic E-state index is -0.786. The molecule has 0 fully saturated rings. The largest absolute Gasteiger partial charge is 0.481 e. The fourth-order valence-corrected chi connectivity index (χ4v) is 7.58. The molecule has 7 nitrogen and oxygen atoms in total. The van der Waals surface area contributed by atoms with Crippen molar-refractivity contribution in [2.75, 3.05) is 13.7 Å². The topological polar surface area (TPSA) is 114 Å². The van der Waals surface area contributed by atoms with Crippen LogP contribution in [0.5, 0.6) is 0 Å². The maximum absolute atomic E-state index is 13.2. The summed E-state index contributed by atoms with van der Waals surface area (Å²) in [7, 11) is 1.40. The summed E-state index contributed by atoms with van der Waals surface area (Å²) >= 11 is 15.8. The van der Waals surface area contributed by atoms with Gasteiger partial charge in [0.1, 0.15) is 23.3 Å². The Kier molecular flexibility index (Phi) is 33.6. The smallest absolute Gasteiger partial charge is 0.310 e. The van der Waals surface area contributed by atoms with Crippen molar-refractivity contribution >= 4 is 169 Å². The van der Waals surface area contributed by atoms with Gasteiger partial charge in [-0.05, 0) is 250 Å². The maximum atomic E-state index is 13.2. The SMILES string of the molecule is CCOC(=O)Cc1ccc(I)cc1F.COC(=O)Cc1ccc(I)cc1.Cc1ccc(I)cc1F.Fc1cc(I)ccc1CBr.N#CCc1ccc(I)cc1F.O=C(O)Cc1ccc(I)cc1. The molecule has 356 valence electrons. The fourth-order valence-electron chi connectivity index (χ4n) is 4.60. The number of carbonyl (C=O) groups excluding carboxylic acids is 2. The van der Waals surface area contributed by atoms with Crippen molar-refractivity contribution in [3.8, 4) is 6.07 Å². The van der Waals surface area contributed by atoms with E-state index in [0.29, 0.717) is 40.6 Å². The molecule has 0 spiro atoms. The number of halogens is 11. The van der Waals surface area contributed by atoms with Crippen LogP contribution in [0.1, 0.15) is 40.3 Å². The zero-order valence-corrected chi connectivity index (χ0v) is 50.4. The third-order valence-corrected chi connectivity index (χ3v) is 12.7. The van der Waals surface area contributed by atoms with Crippen molar-refractivity contribution in [2.45, 2.75) is 44.9 Å². The molecule has 0 heterocycles. The lowest BCUT2D eigenvalue weighted by Crippen LogP contribution is -2.08. The van der Waals surface area contributed by atoms with E-state index in [4.69, 9.17) is 15.1 Å². The Morgan fingerprint density at radius 3 is 1.31 bits per heavy atom. The van der Waals surface area contributed by atoms with Crippen molar-refractivity contribution in [3.63, 3.8) is 0 Å². The molecule has 0 radical (unpaired) electrons. The van der Waals surface area contributed by atoms with Crippen LogP contribution in [0.25, 0.3) is 0 Å². The average molecular weight is 1660 g/mol. The first kappa shape index (κ1) is 62.8. The number of carboxylic acids is 1. The van der Waals surface area contributed by atoms with E-state index >= 15 is 0 Å². The summed E-state index contributed by atoms with van der Waals surface area (Å²) in [4.78, 5) is 32.2. The Labute approximate surface area is 478 Å². The molecule has 6 aromatic rings. The molecule has 0 aliphatic heterocycles. The minimum Gasteiger partial charge on any atom is -0.481 e. The molecule has 0 aliphatic rings. The van der Waals surface area contributed by atoms with Crippen LogP contribution in [0.2, 0.25) is 0 Å². The molecule has 0 bridgehead atoms. The predicted octanol–water partition coefficient (Wildman–Crippen LogP) is 15.0. The van der Waals surface area contributed by atoms with Gasteiger partial charge in [0.05, 0.1) is 45.5 Å². The highest BCUT2D eigenvalue weighted by atomic mass is 127. The van der Waals surface area contributed by atoms with Gasteiger partial charge in [-0.3, -0.25) is 14.4 Å². The van der Waals surface area contributed by atoms with Crippen LogP contribution in [0.4, 0.5) is 17.6 Å². The van der Waals surface area contributed by atoms with Crippen molar-refractivity contribution in [1.82, 2.24) is 0 Å². The summed E-state index contributed by atoms with van der Waals surface area (Å²) in [6.45, 7) is 3.80. The van der Waals surface area contributed by atoms with Gasteiger partial charge in [-0.15, -0.1) is 0 Å². The second-order valence-corrected chi connectivity index (χ2v) is 21.2. The Bertz CT molecular complexity index is 2530. The van der Waals surface area contributed by atoms with Crippen LogP contribution in [0, 0.1) is 62.9 Å². The van der Waals surface area contributed by atoms with Crippen LogP contribution >= 0.6 is 151 Å². The normalized spacial score (nSPS) is 9.63. The molecule has 67 heavy (non-hydrogen) atoms. The number of benzene rings is 6. The molecule has 0 atom stereocenters. The number of ether oxygens (including phenoxy) is 2. The van der Waals surface area contributed by atoms with Gasteiger partial charge in [-0.1, -0.05) is 64.5 Å². The highest BCUT2D eigenvalue weighted by molar-refractivity contribution is 14.1. The van der Waals surface area contributed by atoms with Crippen molar-refractivity contribution in [2.24, 2.45) is 0 Å². The molecule has 0 saturated carbocycles. The van der Waals surface area contributed by atoms with Crippen LogP contribution < -0.4 is 0 Å². The van der Waals surface area contributed by atoms with Gasteiger partial charge < -0.3 is 14.6 Å². The van der Waals surface area contributed by atoms with Gasteiger partial charge in [-0.2, -0.15) is 5.26 Å². The summed E-state index contributed by atoms with van der Waals surface area (Å²) < 4.78 is 66.6. The van der Waals surface area contributed by atoms with E-state index in [-0.39, 0.29) is 48.5 Å². The van der Waals surface area contributed by atoms with E-state index in [0.717, 1.165) is 29.0 Å². The molecule has 0 amide bonds. The molecule has 6 aromatic carbocycles. The minimum absolute atomic E-state index is 0.00338. The van der Waals surface area contributed by atoms with E-state index < -0.39 is 11.9 Å². The number of esters is 2. The zero-order valence-electron chi connectivity index (χ0n) is 35.9. The number of hydrogen-bond acceptors (Lipinski definition) is 6. The number of rotatable bonds is 9. The number of carboxylic acid groups (broad SMARTS) is 1. The lowest BCUT2D eigenvalue weighted by Gasteiger charge is -2.03. The molecular weight excluding hydrogens is 1620 g/mol. The monoisotopic (exact) mass is 1660 g/mol. The molecule has 1 N–H and O–H groups in total. The summed E-state index contributed by atoms with van der Waals surface area (Å²) in [6.07, 6.45) is 0.601. The number of methoxy groups -OCH3 is 1. The van der Waals surface area contributed by atoms with Crippen LogP contribution in [0.3, 0.4) is 0 Å². The Morgan fingerprint density at radius 2 is 0.955 bits per heavy atom. The molecular formula is C49H42BrF4I6NO6. The van der Waals surface area contributed by atoms with E-state index in [1.54, 1.807) is 50.2 Å². The molecule has 6 rings (SSSR count). The number of aryl methyl sites for hydroxylation is 1. The van der Waals surface area contributed by atoms with Gasteiger partial charge in [0, 0.05) is 32.3 Å². The average Bonchev–Trinajstić information content (AvgIpc) is 3.27. The van der Waals surface area contributed by atoms with Crippen LogP contribution in [-0.2, 0) is 54.9 Å². The molecule has 18 heteroatoms. The number of aliphatic carboxylic acids is 1. The van der Waals surface area contributed by atoms with Crippen LogP contribution in [0.15, 0.2) is 121 Å². The maximum Gasteiger partial charge on any atom is 0.310 e. The summed E-state index contributed by atoms with van der Waals surface area (Å²) in [5, 5.41) is 17.3. The van der Waals surface area contributed by atoms with E-state index in [9.17, 15) is 31.9 Å². The van der Waals surface area contributed by atoms with Gasteiger partial charge in [0.2, 0.25) is 0 Å². The van der Waals surface area contributed by atoms with E-state index in [1.807, 2.05) is 112 Å². The second kappa shape index (κ2) is 35.8. The lowest BCUT2D eigenvalue weighted by molar-refractivity contribution is -0.142. The lowest BCUT2D eigenvalue weighted by atomic mass is 10.1. The van der Waals surface area contributed by atoms with Crippen LogP contribution in [-0.4, -0.2) is 36.7 Å². The van der Waals surface area contributed by atoms with Crippen molar-refractivity contribution < 1.29 is 46.5 Å². The molecule has 0 aliphatic carbocycles. The molecule has 0 aromatic heterocycles.